The fraction of sp³-hybridized carbons (Fsp3) is 0. The molecule has 5 nitrogen and oxygen atoms in total. The Morgan fingerprint density at radius 3 is 1.41 bits per heavy atom. The topological polar surface area (TPSA) is 59.4 Å². The van der Waals surface area contributed by atoms with Crippen LogP contribution in [0.5, 0.6) is 0 Å². The first-order valence-corrected chi connectivity index (χ1v) is 21.6. The number of nitriles is 1. The lowest BCUT2D eigenvalue weighted by atomic mass is 9.82. The van der Waals surface area contributed by atoms with E-state index >= 15 is 0 Å². The molecule has 0 N–H and O–H groups in total. The fourth-order valence-electron chi connectivity index (χ4n) is 11.1. The molecule has 10 aromatic carbocycles. The van der Waals surface area contributed by atoms with Crippen LogP contribution in [0.15, 0.2) is 200 Å². The second kappa shape index (κ2) is 13.1. The lowest BCUT2D eigenvalue weighted by Crippen LogP contribution is -2.11. The standard InChI is InChI=1S/C59H33N5/c60-34-45-57(63-46-28-13-25-41-43-27-15-32-61-56(43)44-26-14-29-47(63)54(44)52(41)46)50(36-18-6-2-7-19-36)49(35-16-4-1-5-17-35)51(37-20-8-3-9-21-37)58(45)64-48-30-12-24-40-38-22-10-11-23-39(38)42-31-33-62-59(64)55(42)53(40)48/h1-33H. The third-order valence-corrected chi connectivity index (χ3v) is 13.5. The molecular formula is C59H33N5. The molecule has 0 unspecified atom stereocenters. The van der Waals surface area contributed by atoms with Crippen LogP contribution in [0.1, 0.15) is 5.56 Å². The van der Waals surface area contributed by atoms with Crippen molar-refractivity contribution in [1.82, 2.24) is 19.1 Å². The number of aromatic nitrogens is 4. The third-order valence-electron chi connectivity index (χ3n) is 13.5. The summed E-state index contributed by atoms with van der Waals surface area (Å²) in [4.78, 5) is 10.3. The highest BCUT2D eigenvalue weighted by molar-refractivity contribution is 6.35. The minimum atomic E-state index is 0.551. The van der Waals surface area contributed by atoms with Crippen molar-refractivity contribution in [2.75, 3.05) is 0 Å². The molecule has 0 radical (unpaired) electrons. The van der Waals surface area contributed by atoms with E-state index in [2.05, 4.69) is 197 Å². The van der Waals surface area contributed by atoms with Crippen molar-refractivity contribution in [2.45, 2.75) is 0 Å². The van der Waals surface area contributed by atoms with Gasteiger partial charge in [0.15, 0.2) is 0 Å². The van der Waals surface area contributed by atoms with Crippen molar-refractivity contribution in [1.29, 1.82) is 5.26 Å². The van der Waals surface area contributed by atoms with E-state index in [-0.39, 0.29) is 0 Å². The lowest BCUT2D eigenvalue weighted by molar-refractivity contribution is 1.10. The van der Waals surface area contributed by atoms with E-state index < -0.39 is 0 Å². The summed E-state index contributed by atoms with van der Waals surface area (Å²) >= 11 is 0. The minimum absolute atomic E-state index is 0.551. The van der Waals surface area contributed by atoms with Crippen LogP contribution >= 0.6 is 0 Å². The Kier molecular flexibility index (Phi) is 7.12. The van der Waals surface area contributed by atoms with Crippen LogP contribution < -0.4 is 0 Å². The van der Waals surface area contributed by atoms with Crippen LogP contribution in [0.3, 0.4) is 0 Å². The zero-order valence-corrected chi connectivity index (χ0v) is 34.3. The predicted molar refractivity (Wildman–Crippen MR) is 264 cm³/mol. The van der Waals surface area contributed by atoms with E-state index in [0.717, 1.165) is 121 Å². The summed E-state index contributed by atoms with van der Waals surface area (Å²) in [5, 5.41) is 24.8. The van der Waals surface area contributed by atoms with E-state index in [9.17, 15) is 5.26 Å². The zero-order chi connectivity index (χ0) is 42.0. The highest BCUT2D eigenvalue weighted by Gasteiger charge is 2.33. The van der Waals surface area contributed by atoms with Crippen molar-refractivity contribution in [2.24, 2.45) is 0 Å². The molecule has 0 bridgehead atoms. The Morgan fingerprint density at radius 1 is 0.344 bits per heavy atom. The van der Waals surface area contributed by atoms with Gasteiger partial charge in [0, 0.05) is 61.4 Å². The van der Waals surface area contributed by atoms with Crippen LogP contribution in [0, 0.1) is 11.3 Å². The SMILES string of the molecule is N#Cc1c(-n2c3cccc4c5cccnc5c5cccc2c5c43)c(-c2ccccc2)c(-c2ccccc2)c(-c2ccccc2)c1-n1c2cccc3c4ccccc4c4ccnc1c4c32. The average molecular weight is 812 g/mol. The molecule has 0 aliphatic rings. The molecule has 0 saturated carbocycles. The predicted octanol–water partition coefficient (Wildman–Crippen LogP) is 15.0. The number of benzene rings is 10. The van der Waals surface area contributed by atoms with E-state index in [1.54, 1.807) is 0 Å². The monoisotopic (exact) mass is 811 g/mol. The van der Waals surface area contributed by atoms with Gasteiger partial charge in [-0.05, 0) is 74.0 Å². The number of hydrogen-bond acceptors (Lipinski definition) is 3. The first-order valence-electron chi connectivity index (χ1n) is 21.6. The van der Waals surface area contributed by atoms with Crippen molar-refractivity contribution < 1.29 is 0 Å². The summed E-state index contributed by atoms with van der Waals surface area (Å²) in [7, 11) is 0. The summed E-state index contributed by atoms with van der Waals surface area (Å²) in [6.07, 6.45) is 3.81. The summed E-state index contributed by atoms with van der Waals surface area (Å²) in [5.74, 6) is 0. The smallest absolute Gasteiger partial charge is 0.146 e. The number of fused-ring (bicyclic) bond motifs is 6. The molecule has 0 saturated heterocycles. The van der Waals surface area contributed by atoms with E-state index in [1.165, 1.54) is 10.8 Å². The van der Waals surface area contributed by atoms with Crippen LogP contribution in [-0.2, 0) is 0 Å². The molecule has 64 heavy (non-hydrogen) atoms. The molecule has 0 amide bonds. The van der Waals surface area contributed by atoms with Gasteiger partial charge in [-0.25, -0.2) is 4.98 Å². The first kappa shape index (κ1) is 34.8. The lowest BCUT2D eigenvalue weighted by Gasteiger charge is -2.27. The molecule has 14 rings (SSSR count). The molecule has 0 fully saturated rings. The second-order valence-corrected chi connectivity index (χ2v) is 16.7. The van der Waals surface area contributed by atoms with E-state index in [1.807, 2.05) is 18.5 Å². The Morgan fingerprint density at radius 2 is 0.797 bits per heavy atom. The van der Waals surface area contributed by atoms with Gasteiger partial charge in [0.25, 0.3) is 0 Å². The quantitative estimate of drug-likeness (QED) is 0.163. The highest BCUT2D eigenvalue weighted by atomic mass is 15.1. The molecule has 0 atom stereocenters. The maximum Gasteiger partial charge on any atom is 0.146 e. The van der Waals surface area contributed by atoms with Gasteiger partial charge in [-0.3, -0.25) is 9.55 Å². The second-order valence-electron chi connectivity index (χ2n) is 16.7. The maximum absolute atomic E-state index is 12.3. The number of rotatable bonds is 5. The summed E-state index contributed by atoms with van der Waals surface area (Å²) in [6.45, 7) is 0. The van der Waals surface area contributed by atoms with Crippen molar-refractivity contribution in [3.8, 4) is 50.8 Å². The van der Waals surface area contributed by atoms with Crippen molar-refractivity contribution in [3.63, 3.8) is 0 Å². The van der Waals surface area contributed by atoms with Crippen LogP contribution in [0.25, 0.3) is 132 Å². The van der Waals surface area contributed by atoms with Crippen molar-refractivity contribution >= 4 is 87.0 Å². The van der Waals surface area contributed by atoms with Crippen LogP contribution in [0.2, 0.25) is 0 Å². The first-order chi connectivity index (χ1) is 31.8. The highest BCUT2D eigenvalue weighted by Crippen LogP contribution is 2.54. The number of pyridine rings is 2. The largest absolute Gasteiger partial charge is 0.307 e. The van der Waals surface area contributed by atoms with Gasteiger partial charge in [-0.1, -0.05) is 158 Å². The Labute approximate surface area is 366 Å². The Bertz CT molecular complexity index is 3810. The van der Waals surface area contributed by atoms with E-state index in [0.29, 0.717) is 5.56 Å². The molecule has 0 spiro atoms. The average Bonchev–Trinajstić information content (AvgIpc) is 3.89. The van der Waals surface area contributed by atoms with Crippen LogP contribution in [0.4, 0.5) is 0 Å². The molecule has 0 aliphatic carbocycles. The minimum Gasteiger partial charge on any atom is -0.307 e. The summed E-state index contributed by atoms with van der Waals surface area (Å²) in [5.41, 5.74) is 13.0. The Hall–Kier alpha value is -8.85. The van der Waals surface area contributed by atoms with Gasteiger partial charge in [-0.2, -0.15) is 5.26 Å². The van der Waals surface area contributed by atoms with Gasteiger partial charge >= 0.3 is 0 Å². The Balaban J connectivity index is 1.30. The van der Waals surface area contributed by atoms with Crippen molar-refractivity contribution in [3.05, 3.63) is 206 Å². The molecule has 4 heterocycles. The van der Waals surface area contributed by atoms with Gasteiger partial charge in [0.1, 0.15) is 17.3 Å². The van der Waals surface area contributed by atoms with Crippen LogP contribution in [-0.4, -0.2) is 19.1 Å². The molecule has 0 aliphatic heterocycles. The fourth-order valence-corrected chi connectivity index (χ4v) is 11.1. The molecule has 14 aromatic rings. The normalized spacial score (nSPS) is 12.0. The number of nitrogens with zero attached hydrogens (tertiary/aromatic N) is 5. The van der Waals surface area contributed by atoms with Gasteiger partial charge < -0.3 is 4.57 Å². The molecule has 5 heteroatoms. The molecule has 294 valence electrons. The molecule has 4 aromatic heterocycles. The van der Waals surface area contributed by atoms with Gasteiger partial charge in [-0.15, -0.1) is 0 Å². The maximum atomic E-state index is 12.3. The molecular weight excluding hydrogens is 779 g/mol. The third kappa shape index (κ3) is 4.50. The zero-order valence-electron chi connectivity index (χ0n) is 34.3. The summed E-state index contributed by atoms with van der Waals surface area (Å²) < 4.78 is 4.68. The number of hydrogen-bond donors (Lipinski definition) is 0. The van der Waals surface area contributed by atoms with Gasteiger partial charge in [0.05, 0.1) is 33.4 Å². The van der Waals surface area contributed by atoms with Gasteiger partial charge in [0.2, 0.25) is 0 Å². The van der Waals surface area contributed by atoms with E-state index in [4.69, 9.17) is 9.97 Å². The summed E-state index contributed by atoms with van der Waals surface area (Å²) in [6, 6.07) is 69.6.